The molecule has 1 aromatic heterocycles. The molecular formula is C20H22F4N4O3. The SMILES string of the molecule is CN=C(N)OCCc1cc(NC(=O)c2ncc(OCC(F)(F)F)cc2C)cc(C)c1F. The van der Waals surface area contributed by atoms with Gasteiger partial charge in [0.15, 0.2) is 6.61 Å². The van der Waals surface area contributed by atoms with Crippen LogP contribution in [0.3, 0.4) is 0 Å². The number of benzene rings is 1. The number of carbonyl (C=O) groups is 1. The highest BCUT2D eigenvalue weighted by molar-refractivity contribution is 6.04. The number of ether oxygens (including phenoxy) is 2. The van der Waals surface area contributed by atoms with E-state index in [-0.39, 0.29) is 30.5 Å². The van der Waals surface area contributed by atoms with Crippen LogP contribution in [-0.2, 0) is 11.2 Å². The first-order chi connectivity index (χ1) is 14.5. The predicted molar refractivity (Wildman–Crippen MR) is 107 cm³/mol. The highest BCUT2D eigenvalue weighted by Crippen LogP contribution is 2.23. The zero-order chi connectivity index (χ0) is 23.2. The molecule has 0 saturated carbocycles. The van der Waals surface area contributed by atoms with E-state index < -0.39 is 24.5 Å². The zero-order valence-corrected chi connectivity index (χ0v) is 17.1. The summed E-state index contributed by atoms with van der Waals surface area (Å²) in [5, 5.41) is 2.62. The summed E-state index contributed by atoms with van der Waals surface area (Å²) in [5.74, 6) is -1.15. The number of aliphatic imine (C=N–C) groups is 1. The largest absolute Gasteiger partial charge is 0.482 e. The molecule has 0 fully saturated rings. The van der Waals surface area contributed by atoms with Gasteiger partial charge in [0.2, 0.25) is 0 Å². The van der Waals surface area contributed by atoms with E-state index in [4.69, 9.17) is 10.5 Å². The van der Waals surface area contributed by atoms with E-state index in [1.54, 1.807) is 6.92 Å². The van der Waals surface area contributed by atoms with Crippen LogP contribution in [0.15, 0.2) is 29.4 Å². The molecule has 7 nitrogen and oxygen atoms in total. The van der Waals surface area contributed by atoms with Gasteiger partial charge in [0.25, 0.3) is 11.9 Å². The zero-order valence-electron chi connectivity index (χ0n) is 17.1. The van der Waals surface area contributed by atoms with Crippen molar-refractivity contribution in [1.82, 2.24) is 4.98 Å². The van der Waals surface area contributed by atoms with Gasteiger partial charge in [-0.15, -0.1) is 0 Å². The fourth-order valence-electron chi connectivity index (χ4n) is 2.65. The van der Waals surface area contributed by atoms with Crippen LogP contribution in [0.25, 0.3) is 0 Å². The molecule has 0 aliphatic heterocycles. The molecule has 0 unspecified atom stereocenters. The van der Waals surface area contributed by atoms with E-state index in [9.17, 15) is 22.4 Å². The second-order valence-corrected chi connectivity index (χ2v) is 6.62. The topological polar surface area (TPSA) is 98.8 Å². The van der Waals surface area contributed by atoms with Gasteiger partial charge in [0.1, 0.15) is 17.3 Å². The Labute approximate surface area is 176 Å². The fourth-order valence-corrected chi connectivity index (χ4v) is 2.65. The summed E-state index contributed by atoms with van der Waals surface area (Å²) in [7, 11) is 1.46. The van der Waals surface area contributed by atoms with Gasteiger partial charge in [-0.1, -0.05) is 0 Å². The second kappa shape index (κ2) is 10.1. The first kappa shape index (κ1) is 23.9. The molecule has 1 heterocycles. The summed E-state index contributed by atoms with van der Waals surface area (Å²) in [6.07, 6.45) is -3.26. The lowest BCUT2D eigenvalue weighted by atomic mass is 10.1. The third kappa shape index (κ3) is 7.12. The number of hydrogen-bond acceptors (Lipinski definition) is 5. The number of alkyl halides is 3. The molecule has 0 saturated heterocycles. The average Bonchev–Trinajstić information content (AvgIpc) is 2.69. The molecule has 0 bridgehead atoms. The fraction of sp³-hybridized carbons (Fsp3) is 0.350. The van der Waals surface area contributed by atoms with Crippen LogP contribution in [0.5, 0.6) is 5.75 Å². The van der Waals surface area contributed by atoms with Crippen LogP contribution in [0.1, 0.15) is 27.2 Å². The van der Waals surface area contributed by atoms with E-state index in [1.807, 2.05) is 0 Å². The number of aromatic nitrogens is 1. The molecule has 31 heavy (non-hydrogen) atoms. The number of amidine groups is 1. The molecule has 2 rings (SSSR count). The Balaban J connectivity index is 2.12. The van der Waals surface area contributed by atoms with Gasteiger partial charge < -0.3 is 20.5 Å². The summed E-state index contributed by atoms with van der Waals surface area (Å²) >= 11 is 0. The molecule has 11 heteroatoms. The molecule has 0 aliphatic carbocycles. The number of anilines is 1. The van der Waals surface area contributed by atoms with E-state index in [0.29, 0.717) is 22.4 Å². The van der Waals surface area contributed by atoms with Gasteiger partial charge in [0.05, 0.1) is 12.8 Å². The lowest BCUT2D eigenvalue weighted by Gasteiger charge is -2.13. The Morgan fingerprint density at radius 3 is 2.55 bits per heavy atom. The third-order valence-corrected chi connectivity index (χ3v) is 4.10. The minimum Gasteiger partial charge on any atom is -0.482 e. The highest BCUT2D eigenvalue weighted by atomic mass is 19.4. The van der Waals surface area contributed by atoms with Crippen molar-refractivity contribution in [2.45, 2.75) is 26.4 Å². The van der Waals surface area contributed by atoms with Gasteiger partial charge in [-0.05, 0) is 48.7 Å². The maximum atomic E-state index is 14.4. The quantitative estimate of drug-likeness (QED) is 0.388. The molecule has 3 N–H and O–H groups in total. The number of aryl methyl sites for hydroxylation is 2. The van der Waals surface area contributed by atoms with Gasteiger partial charge in [-0.2, -0.15) is 13.2 Å². The van der Waals surface area contributed by atoms with Crippen LogP contribution in [0.2, 0.25) is 0 Å². The normalized spacial score (nSPS) is 11.9. The first-order valence-corrected chi connectivity index (χ1v) is 9.11. The number of pyridine rings is 1. The van der Waals surface area contributed by atoms with Crippen molar-refractivity contribution >= 4 is 17.6 Å². The molecule has 0 radical (unpaired) electrons. The first-order valence-electron chi connectivity index (χ1n) is 9.11. The minimum absolute atomic E-state index is 0.00171. The highest BCUT2D eigenvalue weighted by Gasteiger charge is 2.28. The smallest absolute Gasteiger partial charge is 0.422 e. The van der Waals surface area contributed by atoms with E-state index in [0.717, 1.165) is 6.20 Å². The maximum absolute atomic E-state index is 14.4. The summed E-state index contributed by atoms with van der Waals surface area (Å²) in [4.78, 5) is 20.1. The summed E-state index contributed by atoms with van der Waals surface area (Å²) in [6, 6.07) is 4.17. The molecule has 0 atom stereocenters. The average molecular weight is 442 g/mol. The number of halogens is 4. The standard InChI is InChI=1S/C20H22F4N4O3/c1-11-6-14(8-13(16(11)21)4-5-30-19(25)26-3)28-18(29)17-12(2)7-15(9-27-17)31-10-20(22,23)24/h6-9H,4-5,10H2,1-3H3,(H2,25,26)(H,28,29). The van der Waals surface area contributed by atoms with Crippen molar-refractivity contribution in [1.29, 1.82) is 0 Å². The number of rotatable bonds is 7. The molecule has 2 aromatic rings. The van der Waals surface area contributed by atoms with Crippen LogP contribution >= 0.6 is 0 Å². The van der Waals surface area contributed by atoms with Crippen LogP contribution in [0, 0.1) is 19.7 Å². The molecular weight excluding hydrogens is 420 g/mol. The lowest BCUT2D eigenvalue weighted by Crippen LogP contribution is -2.20. The van der Waals surface area contributed by atoms with Crippen molar-refractivity contribution in [2.24, 2.45) is 10.7 Å². The van der Waals surface area contributed by atoms with Gasteiger partial charge >= 0.3 is 6.18 Å². The molecule has 168 valence electrons. The summed E-state index contributed by atoms with van der Waals surface area (Å²) in [5.41, 5.74) is 6.70. The maximum Gasteiger partial charge on any atom is 0.422 e. The molecule has 0 spiro atoms. The number of nitrogens with zero attached hydrogens (tertiary/aromatic N) is 2. The van der Waals surface area contributed by atoms with Crippen molar-refractivity contribution in [3.8, 4) is 5.75 Å². The van der Waals surface area contributed by atoms with Gasteiger partial charge in [0, 0.05) is 19.2 Å². The van der Waals surface area contributed by atoms with Gasteiger partial charge in [-0.25, -0.2) is 14.4 Å². The van der Waals surface area contributed by atoms with Crippen molar-refractivity contribution in [3.63, 3.8) is 0 Å². The van der Waals surface area contributed by atoms with Crippen molar-refractivity contribution < 1.29 is 31.8 Å². The van der Waals surface area contributed by atoms with Gasteiger partial charge in [-0.3, -0.25) is 4.79 Å². The third-order valence-electron chi connectivity index (χ3n) is 4.10. The lowest BCUT2D eigenvalue weighted by molar-refractivity contribution is -0.153. The van der Waals surface area contributed by atoms with E-state index >= 15 is 0 Å². The minimum atomic E-state index is -4.48. The van der Waals surface area contributed by atoms with E-state index in [2.05, 4.69) is 20.0 Å². The van der Waals surface area contributed by atoms with Crippen LogP contribution in [0.4, 0.5) is 23.2 Å². The molecule has 1 aromatic carbocycles. The number of amides is 1. The summed E-state index contributed by atoms with van der Waals surface area (Å²) in [6.45, 7) is 1.70. The molecule has 1 amide bonds. The number of hydrogen-bond donors (Lipinski definition) is 2. The summed E-state index contributed by atoms with van der Waals surface area (Å²) < 4.78 is 60.9. The second-order valence-electron chi connectivity index (χ2n) is 6.62. The number of nitrogens with one attached hydrogen (secondary N) is 1. The van der Waals surface area contributed by atoms with E-state index in [1.165, 1.54) is 32.2 Å². The van der Waals surface area contributed by atoms with Crippen LogP contribution in [-0.4, -0.2) is 43.4 Å². The predicted octanol–water partition coefficient (Wildman–Crippen LogP) is 3.53. The Bertz CT molecular complexity index is 978. The number of carbonyl (C=O) groups excluding carboxylic acids is 1. The Kier molecular flexibility index (Phi) is 7.78. The Morgan fingerprint density at radius 1 is 1.23 bits per heavy atom. The Hall–Kier alpha value is -3.37. The van der Waals surface area contributed by atoms with Crippen molar-refractivity contribution in [2.75, 3.05) is 25.6 Å². The van der Waals surface area contributed by atoms with Crippen molar-refractivity contribution in [3.05, 3.63) is 52.6 Å². The Morgan fingerprint density at radius 2 is 1.94 bits per heavy atom. The number of nitrogens with two attached hydrogens (primary N) is 1. The molecule has 0 aliphatic rings. The monoisotopic (exact) mass is 442 g/mol. The van der Waals surface area contributed by atoms with Crippen LogP contribution < -0.4 is 15.8 Å².